The standard InChI is InChI=1S/C71H129O24P/c1-4-7-10-13-16-19-22-25-27-29-31-34-37-40-43-46-56(74)88-51-54-59(77)61(79)66(84)71(92-54)94-68-64(82)62(80)63(81)67(93-70-65(83)60(78)58(76)53(48-72)91-70)69(68)95-96(85,86)89-50-52(49-87-55(73)45-42-39-36-33-30-24-21-18-15-12-9-6-3)90-57(75)47-44-41-38-35-32-28-26-23-20-17-14-11-8-5-2/h19,22,28,32,52-54,58-72,76-84H,4-18,20-21,23-27,29-31,33-51H2,1-3H3,(H,85,86)/b22-19-,32-28-. The Bertz CT molecular complexity index is 2090. The van der Waals surface area contributed by atoms with Crippen LogP contribution in [0.4, 0.5) is 0 Å². The number of hydrogen-bond acceptors (Lipinski definition) is 23. The Morgan fingerprint density at radius 3 is 1.15 bits per heavy atom. The maximum absolute atomic E-state index is 14.3. The summed E-state index contributed by atoms with van der Waals surface area (Å²) >= 11 is 0. The Kier molecular flexibility index (Phi) is 48.7. The van der Waals surface area contributed by atoms with Crippen LogP contribution in [-0.2, 0) is 61.2 Å². The lowest BCUT2D eigenvalue weighted by Crippen LogP contribution is -2.69. The topological polar surface area (TPSA) is 374 Å². The third-order valence-electron chi connectivity index (χ3n) is 18.2. The average molecular weight is 1400 g/mol. The van der Waals surface area contributed by atoms with E-state index in [0.29, 0.717) is 25.7 Å². The molecule has 0 aromatic rings. The van der Waals surface area contributed by atoms with Gasteiger partial charge in [-0.1, -0.05) is 212 Å². The monoisotopic (exact) mass is 1400 g/mol. The van der Waals surface area contributed by atoms with Crippen LogP contribution in [0, 0.1) is 0 Å². The van der Waals surface area contributed by atoms with Crippen LogP contribution in [0.5, 0.6) is 0 Å². The second kappa shape index (κ2) is 53.3. The highest BCUT2D eigenvalue weighted by atomic mass is 31.2. The Morgan fingerprint density at radius 2 is 0.729 bits per heavy atom. The summed E-state index contributed by atoms with van der Waals surface area (Å²) in [6, 6.07) is 0. The Morgan fingerprint density at radius 1 is 0.396 bits per heavy atom. The minimum Gasteiger partial charge on any atom is -0.463 e. The van der Waals surface area contributed by atoms with Crippen LogP contribution in [0.2, 0.25) is 0 Å². The largest absolute Gasteiger partial charge is 0.472 e. The highest BCUT2D eigenvalue weighted by molar-refractivity contribution is 7.47. The van der Waals surface area contributed by atoms with Crippen LogP contribution >= 0.6 is 7.82 Å². The molecule has 3 aliphatic rings. The van der Waals surface area contributed by atoms with E-state index in [9.17, 15) is 74.9 Å². The predicted octanol–water partition coefficient (Wildman–Crippen LogP) is 9.74. The molecular formula is C71H129O24P. The van der Waals surface area contributed by atoms with Gasteiger partial charge in [0.15, 0.2) is 18.7 Å². The van der Waals surface area contributed by atoms with E-state index in [1.165, 1.54) is 103 Å². The number of hydrogen-bond donors (Lipinski definition) is 11. The van der Waals surface area contributed by atoms with Crippen molar-refractivity contribution >= 4 is 25.7 Å². The number of ether oxygens (including phenoxy) is 7. The van der Waals surface area contributed by atoms with Gasteiger partial charge in [0.25, 0.3) is 0 Å². The van der Waals surface area contributed by atoms with Crippen molar-refractivity contribution in [1.29, 1.82) is 0 Å². The van der Waals surface area contributed by atoms with Crippen molar-refractivity contribution < 1.29 is 117 Å². The van der Waals surface area contributed by atoms with Crippen LogP contribution < -0.4 is 0 Å². The molecule has 18 unspecified atom stereocenters. The molecule has 96 heavy (non-hydrogen) atoms. The van der Waals surface area contributed by atoms with Gasteiger partial charge in [0.1, 0.15) is 98.7 Å². The summed E-state index contributed by atoms with van der Waals surface area (Å²) in [5.41, 5.74) is 0. The van der Waals surface area contributed by atoms with E-state index in [2.05, 4.69) is 45.1 Å². The number of phosphoric ester groups is 1. The molecule has 18 atom stereocenters. The van der Waals surface area contributed by atoms with Crippen LogP contribution in [-0.4, -0.2) is 204 Å². The van der Waals surface area contributed by atoms with Crippen molar-refractivity contribution in [2.45, 2.75) is 382 Å². The maximum atomic E-state index is 14.3. The summed E-state index contributed by atoms with van der Waals surface area (Å²) in [7, 11) is -5.70. The van der Waals surface area contributed by atoms with E-state index >= 15 is 0 Å². The summed E-state index contributed by atoms with van der Waals surface area (Å²) in [4.78, 5) is 50.9. The van der Waals surface area contributed by atoms with Crippen LogP contribution in [0.1, 0.15) is 278 Å². The second-order valence-corrected chi connectivity index (χ2v) is 28.1. The molecule has 2 aliphatic heterocycles. The summed E-state index contributed by atoms with van der Waals surface area (Å²) in [5, 5.41) is 110. The van der Waals surface area contributed by atoms with E-state index in [1.807, 2.05) is 0 Å². The zero-order valence-electron chi connectivity index (χ0n) is 58.4. The van der Waals surface area contributed by atoms with Gasteiger partial charge in [0.05, 0.1) is 13.2 Å². The minimum atomic E-state index is -5.70. The number of aliphatic hydroxyl groups is 10. The molecule has 1 aliphatic carbocycles. The smallest absolute Gasteiger partial charge is 0.463 e. The second-order valence-electron chi connectivity index (χ2n) is 26.7. The molecule has 25 heteroatoms. The van der Waals surface area contributed by atoms with Crippen LogP contribution in [0.15, 0.2) is 24.3 Å². The Hall–Kier alpha value is -2.56. The van der Waals surface area contributed by atoms with E-state index in [0.717, 1.165) is 109 Å². The fraction of sp³-hybridized carbons (Fsp3) is 0.901. The highest BCUT2D eigenvalue weighted by Gasteiger charge is 2.58. The molecule has 0 radical (unpaired) electrons. The van der Waals surface area contributed by atoms with Gasteiger partial charge >= 0.3 is 25.7 Å². The third-order valence-corrected chi connectivity index (χ3v) is 19.2. The zero-order valence-corrected chi connectivity index (χ0v) is 59.3. The number of allylic oxidation sites excluding steroid dienone is 4. The van der Waals surface area contributed by atoms with E-state index in [1.54, 1.807) is 0 Å². The molecule has 0 spiro atoms. The Labute approximate surface area is 573 Å². The van der Waals surface area contributed by atoms with E-state index < -0.39 is 156 Å². The lowest BCUT2D eigenvalue weighted by atomic mass is 9.84. The predicted molar refractivity (Wildman–Crippen MR) is 361 cm³/mol. The molecule has 3 fully saturated rings. The molecule has 0 aromatic heterocycles. The minimum absolute atomic E-state index is 0.0230. The number of aliphatic hydroxyl groups excluding tert-OH is 10. The van der Waals surface area contributed by atoms with Crippen molar-refractivity contribution in [3.8, 4) is 0 Å². The summed E-state index contributed by atoms with van der Waals surface area (Å²) in [5.74, 6) is -2.01. The number of carbonyl (C=O) groups excluding carboxylic acids is 3. The van der Waals surface area contributed by atoms with E-state index in [4.69, 9.17) is 42.2 Å². The first-order valence-corrected chi connectivity index (χ1v) is 38.6. The first-order chi connectivity index (χ1) is 46.3. The van der Waals surface area contributed by atoms with Gasteiger partial charge in [-0.15, -0.1) is 0 Å². The highest BCUT2D eigenvalue weighted by Crippen LogP contribution is 2.49. The van der Waals surface area contributed by atoms with Crippen molar-refractivity contribution in [2.24, 2.45) is 0 Å². The molecule has 0 amide bonds. The number of unbranched alkanes of at least 4 members (excludes halogenated alkanes) is 32. The quantitative estimate of drug-likeness (QED) is 0.00886. The molecule has 11 N–H and O–H groups in total. The molecule has 3 rings (SSSR count). The third kappa shape index (κ3) is 36.4. The summed E-state index contributed by atoms with van der Waals surface area (Å²) in [6.07, 6.45) is 12.5. The van der Waals surface area contributed by atoms with Crippen LogP contribution in [0.25, 0.3) is 0 Å². The lowest BCUT2D eigenvalue weighted by Gasteiger charge is -2.49. The number of phosphoric acid groups is 1. The molecule has 0 aromatic carbocycles. The average Bonchev–Trinajstić information content (AvgIpc) is 0.763. The van der Waals surface area contributed by atoms with Crippen LogP contribution in [0.3, 0.4) is 0 Å². The van der Waals surface area contributed by atoms with Crippen molar-refractivity contribution in [3.05, 3.63) is 24.3 Å². The summed E-state index contributed by atoms with van der Waals surface area (Å²) in [6.45, 7) is 3.40. The van der Waals surface area contributed by atoms with Gasteiger partial charge in [-0.25, -0.2) is 4.57 Å². The fourth-order valence-electron chi connectivity index (χ4n) is 12.1. The lowest BCUT2D eigenvalue weighted by molar-refractivity contribution is -0.360. The van der Waals surface area contributed by atoms with Gasteiger partial charge in [0.2, 0.25) is 0 Å². The molecule has 0 bridgehead atoms. The fourth-order valence-corrected chi connectivity index (χ4v) is 13.1. The zero-order chi connectivity index (χ0) is 70.4. The van der Waals surface area contributed by atoms with E-state index in [-0.39, 0.29) is 19.3 Å². The molecule has 1 saturated carbocycles. The van der Waals surface area contributed by atoms with Gasteiger partial charge in [0, 0.05) is 19.3 Å². The number of rotatable bonds is 57. The molecule has 2 heterocycles. The molecule has 562 valence electrons. The first kappa shape index (κ1) is 87.7. The van der Waals surface area contributed by atoms with Gasteiger partial charge in [-0.3, -0.25) is 23.4 Å². The normalized spacial score (nSPS) is 28.1. The van der Waals surface area contributed by atoms with Crippen molar-refractivity contribution in [2.75, 3.05) is 26.4 Å². The summed E-state index contributed by atoms with van der Waals surface area (Å²) < 4.78 is 64.9. The molecular weight excluding hydrogens is 1270 g/mol. The maximum Gasteiger partial charge on any atom is 0.472 e. The van der Waals surface area contributed by atoms with Crippen molar-refractivity contribution in [1.82, 2.24) is 0 Å². The SMILES string of the molecule is CCCCCC/C=C\CCCCCCCCCC(=O)OCC1OC(OC2C(O)C(O)C(O)C(OC3OC(CO)C(O)C(O)C3O)C2OP(=O)(O)OCC(COC(=O)CCCCCCCCCCCCCC)OC(=O)CCCCC/C=C\CCCCCCCCC)C(O)C(O)C1O. The first-order valence-electron chi connectivity index (χ1n) is 37.1. The number of esters is 3. The van der Waals surface area contributed by atoms with Crippen molar-refractivity contribution in [3.63, 3.8) is 0 Å². The Balaban J connectivity index is 1.74. The van der Waals surface area contributed by atoms with Gasteiger partial charge in [-0.2, -0.15) is 0 Å². The number of carbonyl (C=O) groups is 3. The van der Waals surface area contributed by atoms with Gasteiger partial charge < -0.3 is 89.1 Å². The molecule has 2 saturated heterocycles. The molecule has 24 nitrogen and oxygen atoms in total. The van der Waals surface area contributed by atoms with Gasteiger partial charge in [-0.05, 0) is 70.6 Å².